The summed E-state index contributed by atoms with van der Waals surface area (Å²) in [4.78, 5) is 36.8. The lowest BCUT2D eigenvalue weighted by Gasteiger charge is -2.13. The van der Waals surface area contributed by atoms with E-state index in [4.69, 9.17) is 0 Å². The zero-order valence-corrected chi connectivity index (χ0v) is 15.8. The molecule has 1 amide bonds. The number of hydrogen-bond donors (Lipinski definition) is 2. The van der Waals surface area contributed by atoms with Gasteiger partial charge in [0.25, 0.3) is 5.56 Å². The van der Waals surface area contributed by atoms with Gasteiger partial charge in [-0.25, -0.2) is 9.37 Å². The zero-order chi connectivity index (χ0) is 20.2. The number of carbonyl (C=O) groups excluding carboxylic acids is 1. The van der Waals surface area contributed by atoms with E-state index in [2.05, 4.69) is 20.3 Å². The molecule has 2 heterocycles. The fraction of sp³-hybridized carbons (Fsp3) is 0.273. The van der Waals surface area contributed by atoms with Crippen molar-refractivity contribution in [3.05, 3.63) is 81.8 Å². The van der Waals surface area contributed by atoms with E-state index in [1.54, 1.807) is 18.3 Å². The largest absolute Gasteiger partial charge is 0.350 e. The minimum absolute atomic E-state index is 0.0290. The van der Waals surface area contributed by atoms with Crippen LogP contribution in [0.1, 0.15) is 29.8 Å². The molecule has 0 bridgehead atoms. The Morgan fingerprint density at radius 1 is 1.14 bits per heavy atom. The molecule has 1 atom stereocenters. The first-order chi connectivity index (χ1) is 14.1. The van der Waals surface area contributed by atoms with Crippen LogP contribution in [0.4, 0.5) is 4.39 Å². The summed E-state index contributed by atoms with van der Waals surface area (Å²) >= 11 is 0. The van der Waals surface area contributed by atoms with Crippen molar-refractivity contribution in [2.45, 2.75) is 32.2 Å². The molecule has 0 aliphatic heterocycles. The molecule has 2 aromatic heterocycles. The van der Waals surface area contributed by atoms with Crippen molar-refractivity contribution in [2.75, 3.05) is 0 Å². The van der Waals surface area contributed by atoms with Crippen LogP contribution in [0.15, 0.2) is 53.5 Å². The number of pyridine rings is 1. The van der Waals surface area contributed by atoms with Gasteiger partial charge in [-0.05, 0) is 62.1 Å². The number of rotatable bonds is 4. The summed E-state index contributed by atoms with van der Waals surface area (Å²) in [5, 5.41) is 2.94. The smallest absolute Gasteiger partial charge is 0.254 e. The van der Waals surface area contributed by atoms with E-state index in [9.17, 15) is 14.0 Å². The molecule has 0 spiro atoms. The van der Waals surface area contributed by atoms with Crippen LogP contribution >= 0.6 is 0 Å². The normalized spacial score (nSPS) is 16.0. The number of benzene rings is 1. The summed E-state index contributed by atoms with van der Waals surface area (Å²) in [5.74, 6) is -0.127. The number of carbonyl (C=O) groups is 1. The monoisotopic (exact) mass is 392 g/mol. The molecule has 1 aromatic carbocycles. The number of aryl methyl sites for hydroxylation is 1. The molecular weight excluding hydrogens is 371 g/mol. The molecule has 4 rings (SSSR count). The summed E-state index contributed by atoms with van der Waals surface area (Å²) in [6, 6.07) is 11.4. The van der Waals surface area contributed by atoms with Crippen LogP contribution in [0.5, 0.6) is 0 Å². The minimum Gasteiger partial charge on any atom is -0.350 e. The van der Waals surface area contributed by atoms with Crippen LogP contribution in [-0.4, -0.2) is 20.9 Å². The van der Waals surface area contributed by atoms with Gasteiger partial charge in [-0.15, -0.1) is 0 Å². The summed E-state index contributed by atoms with van der Waals surface area (Å²) in [6.45, 7) is 0.386. The lowest BCUT2D eigenvalue weighted by atomic mass is 9.99. The van der Waals surface area contributed by atoms with E-state index in [0.29, 0.717) is 54.9 Å². The lowest BCUT2D eigenvalue weighted by molar-refractivity contribution is -0.125. The Kier molecular flexibility index (Phi) is 5.46. The predicted molar refractivity (Wildman–Crippen MR) is 106 cm³/mol. The molecule has 7 heteroatoms. The van der Waals surface area contributed by atoms with Gasteiger partial charge in [0.05, 0.1) is 17.9 Å². The predicted octanol–water partition coefficient (Wildman–Crippen LogP) is 2.78. The average Bonchev–Trinajstić information content (AvgIpc) is 2.96. The second kappa shape index (κ2) is 8.34. The summed E-state index contributed by atoms with van der Waals surface area (Å²) in [5.41, 5.74) is 2.62. The molecule has 1 unspecified atom stereocenters. The Labute approximate surface area is 167 Å². The third kappa shape index (κ3) is 4.39. The van der Waals surface area contributed by atoms with Gasteiger partial charge in [0.15, 0.2) is 0 Å². The van der Waals surface area contributed by atoms with Gasteiger partial charge in [-0.1, -0.05) is 6.07 Å². The fourth-order valence-corrected chi connectivity index (χ4v) is 3.61. The number of hydrogen-bond acceptors (Lipinski definition) is 4. The highest BCUT2D eigenvalue weighted by molar-refractivity contribution is 5.78. The number of amides is 1. The second-order valence-corrected chi connectivity index (χ2v) is 7.16. The number of fused-ring (bicyclic) bond motifs is 1. The Morgan fingerprint density at radius 2 is 1.93 bits per heavy atom. The molecule has 29 heavy (non-hydrogen) atoms. The highest BCUT2D eigenvalue weighted by Crippen LogP contribution is 2.24. The fourth-order valence-electron chi connectivity index (χ4n) is 3.61. The molecule has 1 aliphatic rings. The first-order valence-electron chi connectivity index (χ1n) is 9.66. The molecule has 1 aliphatic carbocycles. The van der Waals surface area contributed by atoms with Crippen LogP contribution in [0.2, 0.25) is 0 Å². The van der Waals surface area contributed by atoms with Crippen molar-refractivity contribution in [1.82, 2.24) is 20.3 Å². The van der Waals surface area contributed by atoms with E-state index in [1.807, 2.05) is 18.2 Å². The average molecular weight is 392 g/mol. The number of aromatic amines is 1. The summed E-state index contributed by atoms with van der Waals surface area (Å²) < 4.78 is 13.2. The van der Waals surface area contributed by atoms with Gasteiger partial charge < -0.3 is 10.3 Å². The first kappa shape index (κ1) is 19.0. The van der Waals surface area contributed by atoms with Crippen LogP contribution < -0.4 is 10.9 Å². The van der Waals surface area contributed by atoms with Crippen LogP contribution in [0, 0.1) is 11.7 Å². The Morgan fingerprint density at radius 3 is 2.69 bits per heavy atom. The van der Waals surface area contributed by atoms with E-state index in [-0.39, 0.29) is 23.2 Å². The molecule has 2 N–H and O–H groups in total. The van der Waals surface area contributed by atoms with Gasteiger partial charge in [0.2, 0.25) is 5.91 Å². The van der Waals surface area contributed by atoms with Gasteiger partial charge in [-0.3, -0.25) is 14.6 Å². The highest BCUT2D eigenvalue weighted by atomic mass is 19.1. The van der Waals surface area contributed by atoms with Crippen molar-refractivity contribution in [3.63, 3.8) is 0 Å². The second-order valence-electron chi connectivity index (χ2n) is 7.16. The number of nitrogens with zero attached hydrogens (tertiary/aromatic N) is 2. The standard InChI is InChI=1S/C22H21FN4O2/c23-16-8-4-14(5-9-16)20-26-19-11-7-15(6-10-18(19)22(29)27-20)21(28)25-13-17-3-1-2-12-24-17/h1-5,8-9,12,15H,6-7,10-11,13H2,(H,25,28)(H,26,27,29). The van der Waals surface area contributed by atoms with Crippen LogP contribution in [-0.2, 0) is 24.2 Å². The Bertz CT molecular complexity index is 1060. The SMILES string of the molecule is O=C(NCc1ccccn1)C1CCc2nc(-c3ccc(F)cc3)[nH]c(=O)c2CC1. The zero-order valence-electron chi connectivity index (χ0n) is 15.8. The highest BCUT2D eigenvalue weighted by Gasteiger charge is 2.25. The maximum absolute atomic E-state index is 13.2. The summed E-state index contributed by atoms with van der Waals surface area (Å²) in [7, 11) is 0. The van der Waals surface area contributed by atoms with Gasteiger partial charge in [0, 0.05) is 23.2 Å². The van der Waals surface area contributed by atoms with Crippen molar-refractivity contribution in [2.24, 2.45) is 5.92 Å². The quantitative estimate of drug-likeness (QED) is 0.669. The topological polar surface area (TPSA) is 87.7 Å². The molecule has 0 saturated carbocycles. The molecule has 3 aromatic rings. The maximum atomic E-state index is 13.2. The molecular formula is C22H21FN4O2. The van der Waals surface area contributed by atoms with Crippen LogP contribution in [0.25, 0.3) is 11.4 Å². The van der Waals surface area contributed by atoms with Gasteiger partial charge in [0.1, 0.15) is 11.6 Å². The Balaban J connectivity index is 1.47. The van der Waals surface area contributed by atoms with E-state index in [0.717, 1.165) is 5.69 Å². The number of H-pyrrole nitrogens is 1. The van der Waals surface area contributed by atoms with Gasteiger partial charge in [-0.2, -0.15) is 0 Å². The van der Waals surface area contributed by atoms with E-state index < -0.39 is 0 Å². The third-order valence-electron chi connectivity index (χ3n) is 5.23. The van der Waals surface area contributed by atoms with E-state index >= 15 is 0 Å². The van der Waals surface area contributed by atoms with Gasteiger partial charge >= 0.3 is 0 Å². The third-order valence-corrected chi connectivity index (χ3v) is 5.23. The van der Waals surface area contributed by atoms with Crippen molar-refractivity contribution in [1.29, 1.82) is 0 Å². The minimum atomic E-state index is -0.342. The number of aromatic nitrogens is 3. The summed E-state index contributed by atoms with van der Waals surface area (Å²) in [6.07, 6.45) is 3.97. The Hall–Kier alpha value is -3.35. The lowest BCUT2D eigenvalue weighted by Crippen LogP contribution is -2.30. The van der Waals surface area contributed by atoms with Crippen LogP contribution in [0.3, 0.4) is 0 Å². The molecule has 0 radical (unpaired) electrons. The molecule has 0 saturated heterocycles. The van der Waals surface area contributed by atoms with E-state index in [1.165, 1.54) is 12.1 Å². The van der Waals surface area contributed by atoms with Crippen molar-refractivity contribution < 1.29 is 9.18 Å². The number of halogens is 1. The molecule has 148 valence electrons. The van der Waals surface area contributed by atoms with Crippen molar-refractivity contribution in [3.8, 4) is 11.4 Å². The first-order valence-corrected chi connectivity index (χ1v) is 9.66. The number of nitrogens with one attached hydrogen (secondary N) is 2. The molecule has 6 nitrogen and oxygen atoms in total. The molecule has 0 fully saturated rings. The van der Waals surface area contributed by atoms with Crippen molar-refractivity contribution >= 4 is 5.91 Å². The maximum Gasteiger partial charge on any atom is 0.254 e.